The number of hydrogen-bond acceptors (Lipinski definition) is 4. The molecule has 2 rings (SSSR count). The summed E-state index contributed by atoms with van der Waals surface area (Å²) in [6, 6.07) is 8.61. The summed E-state index contributed by atoms with van der Waals surface area (Å²) in [5.41, 5.74) is 0.140. The Hall–Kier alpha value is -2.83. The molecule has 0 aromatic carbocycles. The minimum absolute atomic E-state index is 0.112. The number of nitrogens with zero attached hydrogens (tertiary/aromatic N) is 3. The number of carbonyl (C=O) groups is 1. The zero-order chi connectivity index (χ0) is 19.3. The largest absolute Gasteiger partial charge is 0.465 e. The molecular weight excluding hydrogens is 332 g/mol. The maximum atomic E-state index is 11.8. The van der Waals surface area contributed by atoms with Crippen molar-refractivity contribution in [1.29, 1.82) is 0 Å². The Bertz CT molecular complexity index is 793. The van der Waals surface area contributed by atoms with E-state index in [1.165, 1.54) is 15.5 Å². The van der Waals surface area contributed by atoms with Gasteiger partial charge in [-0.15, -0.1) is 0 Å². The molecule has 2 aromatic rings. The van der Waals surface area contributed by atoms with Crippen LogP contribution in [0.2, 0.25) is 0 Å². The number of anilines is 1. The van der Waals surface area contributed by atoms with Gasteiger partial charge in [0.05, 0.1) is 11.9 Å². The molecule has 0 aliphatic rings. The molecule has 0 radical (unpaired) electrons. The quantitative estimate of drug-likeness (QED) is 0.829. The third kappa shape index (κ3) is 5.08. The van der Waals surface area contributed by atoms with E-state index in [-0.39, 0.29) is 11.5 Å². The van der Waals surface area contributed by atoms with E-state index in [1.54, 1.807) is 30.6 Å². The molecule has 0 saturated carbocycles. The van der Waals surface area contributed by atoms with Crippen LogP contribution in [0, 0.1) is 5.92 Å². The lowest BCUT2D eigenvalue weighted by atomic mass is 10.0. The highest BCUT2D eigenvalue weighted by molar-refractivity contribution is 5.66. The Kier molecular flexibility index (Phi) is 6.02. The molecule has 1 unspecified atom stereocenters. The van der Waals surface area contributed by atoms with Gasteiger partial charge in [-0.3, -0.25) is 9.36 Å². The van der Waals surface area contributed by atoms with Crippen LogP contribution < -0.4 is 10.9 Å². The minimum atomic E-state index is -0.917. The zero-order valence-electron chi connectivity index (χ0n) is 15.6. The molecule has 2 N–H and O–H groups in total. The molecule has 2 aromatic heterocycles. The van der Waals surface area contributed by atoms with Gasteiger partial charge < -0.3 is 15.3 Å². The molecule has 0 aliphatic carbocycles. The number of carboxylic acid groups (broad SMARTS) is 1. The molecule has 7 heteroatoms. The van der Waals surface area contributed by atoms with Crippen LogP contribution in [0.25, 0.3) is 5.69 Å². The van der Waals surface area contributed by atoms with Crippen molar-refractivity contribution in [3.8, 4) is 5.69 Å². The third-order valence-corrected chi connectivity index (χ3v) is 4.02. The normalized spacial score (nSPS) is 12.5. The van der Waals surface area contributed by atoms with Crippen molar-refractivity contribution < 1.29 is 9.90 Å². The fourth-order valence-electron chi connectivity index (χ4n) is 2.57. The van der Waals surface area contributed by atoms with E-state index in [9.17, 15) is 14.7 Å². The van der Waals surface area contributed by atoms with Crippen LogP contribution in [0.15, 0.2) is 47.5 Å². The molecular formula is C19H26N4O3. The van der Waals surface area contributed by atoms with Crippen LogP contribution in [0.3, 0.4) is 0 Å². The molecule has 0 fully saturated rings. The van der Waals surface area contributed by atoms with Crippen molar-refractivity contribution in [1.82, 2.24) is 14.5 Å². The Labute approximate surface area is 153 Å². The Morgan fingerprint density at radius 3 is 2.58 bits per heavy atom. The summed E-state index contributed by atoms with van der Waals surface area (Å²) in [6.07, 6.45) is 2.41. The first-order chi connectivity index (χ1) is 12.2. The summed E-state index contributed by atoms with van der Waals surface area (Å²) in [5.74, 6) is 0.797. The smallest absolute Gasteiger partial charge is 0.407 e. The first-order valence-electron chi connectivity index (χ1n) is 8.57. The van der Waals surface area contributed by atoms with E-state index < -0.39 is 11.6 Å². The second-order valence-electron chi connectivity index (χ2n) is 7.36. The number of amides is 1. The number of aromatic nitrogens is 2. The molecule has 1 amide bonds. The summed E-state index contributed by atoms with van der Waals surface area (Å²) in [5, 5.41) is 12.6. The fourth-order valence-corrected chi connectivity index (χ4v) is 2.57. The molecule has 26 heavy (non-hydrogen) atoms. The predicted molar refractivity (Wildman–Crippen MR) is 102 cm³/mol. The highest BCUT2D eigenvalue weighted by Gasteiger charge is 2.27. The molecule has 0 spiro atoms. The highest BCUT2D eigenvalue weighted by atomic mass is 16.4. The summed E-state index contributed by atoms with van der Waals surface area (Å²) in [4.78, 5) is 29.0. The molecule has 0 saturated heterocycles. The lowest BCUT2D eigenvalue weighted by Gasteiger charge is -2.35. The SMILES string of the molecule is CC(CNc1ccc(-n2ccccc2=O)cn1)CN(C(=O)O)C(C)(C)C. The van der Waals surface area contributed by atoms with E-state index in [4.69, 9.17) is 0 Å². The number of pyridine rings is 2. The van der Waals surface area contributed by atoms with Crippen molar-refractivity contribution in [2.45, 2.75) is 33.2 Å². The van der Waals surface area contributed by atoms with Gasteiger partial charge in [0.15, 0.2) is 0 Å². The minimum Gasteiger partial charge on any atom is -0.465 e. The van der Waals surface area contributed by atoms with Crippen molar-refractivity contribution in [2.75, 3.05) is 18.4 Å². The fraction of sp³-hybridized carbons (Fsp3) is 0.421. The summed E-state index contributed by atoms with van der Waals surface area (Å²) in [7, 11) is 0. The van der Waals surface area contributed by atoms with Crippen molar-refractivity contribution in [3.05, 3.63) is 53.1 Å². The van der Waals surface area contributed by atoms with Gasteiger partial charge in [0.2, 0.25) is 0 Å². The lowest BCUT2D eigenvalue weighted by molar-refractivity contribution is 0.0917. The van der Waals surface area contributed by atoms with E-state index in [0.717, 1.165) is 0 Å². The van der Waals surface area contributed by atoms with Crippen molar-refractivity contribution in [3.63, 3.8) is 0 Å². The Morgan fingerprint density at radius 2 is 2.04 bits per heavy atom. The van der Waals surface area contributed by atoms with Crippen LogP contribution in [0.5, 0.6) is 0 Å². The molecule has 140 valence electrons. The van der Waals surface area contributed by atoms with E-state index >= 15 is 0 Å². The first-order valence-corrected chi connectivity index (χ1v) is 8.57. The summed E-state index contributed by atoms with van der Waals surface area (Å²) in [6.45, 7) is 8.67. The average molecular weight is 358 g/mol. The second kappa shape index (κ2) is 8.03. The van der Waals surface area contributed by atoms with E-state index in [0.29, 0.717) is 24.6 Å². The third-order valence-electron chi connectivity index (χ3n) is 4.02. The molecule has 0 aliphatic heterocycles. The number of hydrogen-bond donors (Lipinski definition) is 2. The highest BCUT2D eigenvalue weighted by Crippen LogP contribution is 2.16. The van der Waals surface area contributed by atoms with Crippen LogP contribution >= 0.6 is 0 Å². The zero-order valence-corrected chi connectivity index (χ0v) is 15.6. The van der Waals surface area contributed by atoms with Gasteiger partial charge in [0.25, 0.3) is 5.56 Å². The summed E-state index contributed by atoms with van der Waals surface area (Å²) >= 11 is 0. The van der Waals surface area contributed by atoms with Crippen molar-refractivity contribution >= 4 is 11.9 Å². The van der Waals surface area contributed by atoms with Crippen LogP contribution in [0.1, 0.15) is 27.7 Å². The monoisotopic (exact) mass is 358 g/mol. The molecule has 2 heterocycles. The summed E-state index contributed by atoms with van der Waals surface area (Å²) < 4.78 is 1.52. The standard InChI is InChI=1S/C19H26N4O3/c1-14(13-23(18(25)26)19(2,3)4)11-20-16-9-8-15(12-21-16)22-10-6-5-7-17(22)24/h5-10,12,14H,11,13H2,1-4H3,(H,20,21)(H,25,26). The molecule has 1 atom stereocenters. The second-order valence-corrected chi connectivity index (χ2v) is 7.36. The predicted octanol–water partition coefficient (Wildman–Crippen LogP) is 3.06. The van der Waals surface area contributed by atoms with Gasteiger partial charge in [-0.1, -0.05) is 13.0 Å². The van der Waals surface area contributed by atoms with Gasteiger partial charge in [-0.2, -0.15) is 0 Å². The maximum Gasteiger partial charge on any atom is 0.407 e. The topological polar surface area (TPSA) is 87.5 Å². The van der Waals surface area contributed by atoms with Gasteiger partial charge in [0, 0.05) is 30.9 Å². The number of rotatable bonds is 6. The molecule has 0 bridgehead atoms. The van der Waals surface area contributed by atoms with Crippen LogP contribution in [-0.2, 0) is 0 Å². The van der Waals surface area contributed by atoms with Crippen molar-refractivity contribution in [2.24, 2.45) is 5.92 Å². The molecule has 7 nitrogen and oxygen atoms in total. The maximum absolute atomic E-state index is 11.8. The van der Waals surface area contributed by atoms with Gasteiger partial charge in [-0.05, 0) is 44.9 Å². The van der Waals surface area contributed by atoms with E-state index in [1.807, 2.05) is 33.8 Å². The van der Waals surface area contributed by atoms with Gasteiger partial charge in [0.1, 0.15) is 5.82 Å². The van der Waals surface area contributed by atoms with Crippen LogP contribution in [-0.4, -0.2) is 44.3 Å². The van der Waals surface area contributed by atoms with Gasteiger partial charge in [-0.25, -0.2) is 9.78 Å². The van der Waals surface area contributed by atoms with Gasteiger partial charge >= 0.3 is 6.09 Å². The Balaban J connectivity index is 1.96. The lowest BCUT2D eigenvalue weighted by Crippen LogP contribution is -2.47. The van der Waals surface area contributed by atoms with E-state index in [2.05, 4.69) is 10.3 Å². The number of nitrogens with one attached hydrogen (secondary N) is 1. The Morgan fingerprint density at radius 1 is 1.31 bits per heavy atom. The first kappa shape index (κ1) is 19.5. The van der Waals surface area contributed by atoms with Crippen LogP contribution in [0.4, 0.5) is 10.6 Å². The average Bonchev–Trinajstić information content (AvgIpc) is 2.57.